The molecule has 0 amide bonds. The monoisotopic (exact) mass is 228 g/mol. The zero-order valence-corrected chi connectivity index (χ0v) is 10.6. The van der Waals surface area contributed by atoms with Gasteiger partial charge in [-0.2, -0.15) is 0 Å². The SMILES string of the molecule is COC(C)(C)CCC1NCCOC12CNC2. The third-order valence-electron chi connectivity index (χ3n) is 3.95. The highest BCUT2D eigenvalue weighted by atomic mass is 16.5. The van der Waals surface area contributed by atoms with E-state index in [0.29, 0.717) is 6.04 Å². The van der Waals surface area contributed by atoms with Gasteiger partial charge in [0.05, 0.1) is 12.2 Å². The summed E-state index contributed by atoms with van der Waals surface area (Å²) < 4.78 is 11.4. The van der Waals surface area contributed by atoms with Gasteiger partial charge in [-0.25, -0.2) is 0 Å². The zero-order valence-electron chi connectivity index (χ0n) is 10.6. The first kappa shape index (κ1) is 12.3. The second kappa shape index (κ2) is 4.61. The first-order valence-electron chi connectivity index (χ1n) is 6.21. The number of methoxy groups -OCH3 is 1. The third kappa shape index (κ3) is 2.40. The maximum absolute atomic E-state index is 5.95. The summed E-state index contributed by atoms with van der Waals surface area (Å²) in [5.74, 6) is 0. The molecule has 4 heteroatoms. The number of hydrogen-bond donors (Lipinski definition) is 2. The van der Waals surface area contributed by atoms with Crippen molar-refractivity contribution in [2.75, 3.05) is 33.4 Å². The fourth-order valence-electron chi connectivity index (χ4n) is 2.45. The van der Waals surface area contributed by atoms with Crippen LogP contribution in [0.3, 0.4) is 0 Å². The lowest BCUT2D eigenvalue weighted by Gasteiger charge is -2.51. The van der Waals surface area contributed by atoms with Crippen LogP contribution in [0.15, 0.2) is 0 Å². The van der Waals surface area contributed by atoms with Gasteiger partial charge in [0.2, 0.25) is 0 Å². The third-order valence-corrected chi connectivity index (χ3v) is 3.95. The van der Waals surface area contributed by atoms with E-state index in [4.69, 9.17) is 9.47 Å². The Morgan fingerprint density at radius 2 is 2.19 bits per heavy atom. The van der Waals surface area contributed by atoms with Gasteiger partial charge >= 0.3 is 0 Å². The molecular weight excluding hydrogens is 204 g/mol. The van der Waals surface area contributed by atoms with Gasteiger partial charge in [0, 0.05) is 32.8 Å². The molecule has 16 heavy (non-hydrogen) atoms. The van der Waals surface area contributed by atoms with Crippen LogP contribution in [0.4, 0.5) is 0 Å². The summed E-state index contributed by atoms with van der Waals surface area (Å²) in [5, 5.41) is 6.90. The molecule has 0 aromatic carbocycles. The highest BCUT2D eigenvalue weighted by Gasteiger charge is 2.47. The smallest absolute Gasteiger partial charge is 0.108 e. The second-order valence-electron chi connectivity index (χ2n) is 5.53. The average molecular weight is 228 g/mol. The predicted molar refractivity (Wildman–Crippen MR) is 63.7 cm³/mol. The van der Waals surface area contributed by atoms with E-state index in [0.717, 1.165) is 39.1 Å². The summed E-state index contributed by atoms with van der Waals surface area (Å²) in [4.78, 5) is 0. The molecule has 2 heterocycles. The van der Waals surface area contributed by atoms with Crippen LogP contribution < -0.4 is 10.6 Å². The van der Waals surface area contributed by atoms with Crippen LogP contribution in [-0.4, -0.2) is 50.6 Å². The van der Waals surface area contributed by atoms with Crippen LogP contribution in [0.5, 0.6) is 0 Å². The lowest BCUT2D eigenvalue weighted by molar-refractivity contribution is -0.131. The average Bonchev–Trinajstić information content (AvgIpc) is 2.25. The molecule has 0 aromatic heterocycles. The molecule has 94 valence electrons. The topological polar surface area (TPSA) is 42.5 Å². The van der Waals surface area contributed by atoms with Crippen molar-refractivity contribution in [1.82, 2.24) is 10.6 Å². The fourth-order valence-corrected chi connectivity index (χ4v) is 2.45. The van der Waals surface area contributed by atoms with Gasteiger partial charge in [0.15, 0.2) is 0 Å². The van der Waals surface area contributed by atoms with Crippen LogP contribution in [-0.2, 0) is 9.47 Å². The molecule has 0 aliphatic carbocycles. The van der Waals surface area contributed by atoms with Gasteiger partial charge in [-0.15, -0.1) is 0 Å². The number of nitrogens with one attached hydrogen (secondary N) is 2. The van der Waals surface area contributed by atoms with Crippen LogP contribution in [0, 0.1) is 0 Å². The van der Waals surface area contributed by atoms with E-state index in [9.17, 15) is 0 Å². The molecule has 2 saturated heterocycles. The minimum atomic E-state index is -0.0303. The van der Waals surface area contributed by atoms with Crippen molar-refractivity contribution >= 4 is 0 Å². The Hall–Kier alpha value is -0.160. The van der Waals surface area contributed by atoms with E-state index in [-0.39, 0.29) is 11.2 Å². The standard InChI is InChI=1S/C12H24N2O2/c1-11(2,15-3)5-4-10-12(8-13-9-12)16-7-6-14-10/h10,13-14H,4-9H2,1-3H3. The van der Waals surface area contributed by atoms with E-state index < -0.39 is 0 Å². The number of ether oxygens (including phenoxy) is 2. The molecule has 2 fully saturated rings. The molecule has 2 N–H and O–H groups in total. The summed E-state index contributed by atoms with van der Waals surface area (Å²) >= 11 is 0. The number of morpholine rings is 1. The molecule has 2 rings (SSSR count). The quantitative estimate of drug-likeness (QED) is 0.736. The molecule has 0 saturated carbocycles. The highest BCUT2D eigenvalue weighted by Crippen LogP contribution is 2.29. The summed E-state index contributed by atoms with van der Waals surface area (Å²) in [6.07, 6.45) is 2.18. The van der Waals surface area contributed by atoms with Gasteiger partial charge < -0.3 is 20.1 Å². The van der Waals surface area contributed by atoms with Gasteiger partial charge in [0.1, 0.15) is 5.60 Å². The largest absolute Gasteiger partial charge is 0.379 e. The predicted octanol–water partition coefficient (Wildman–Crippen LogP) is 0.522. The van der Waals surface area contributed by atoms with E-state index in [2.05, 4.69) is 24.5 Å². The molecule has 0 radical (unpaired) electrons. The summed E-state index contributed by atoms with van der Waals surface area (Å²) in [5.41, 5.74) is 0.0273. The molecule has 2 aliphatic heterocycles. The van der Waals surface area contributed by atoms with E-state index in [1.54, 1.807) is 7.11 Å². The zero-order chi connectivity index (χ0) is 11.6. The van der Waals surface area contributed by atoms with Crippen molar-refractivity contribution in [2.24, 2.45) is 0 Å². The Kier molecular flexibility index (Phi) is 3.54. The van der Waals surface area contributed by atoms with Crippen molar-refractivity contribution < 1.29 is 9.47 Å². The molecule has 1 unspecified atom stereocenters. The maximum Gasteiger partial charge on any atom is 0.108 e. The highest BCUT2D eigenvalue weighted by molar-refractivity contribution is 5.05. The molecule has 2 aliphatic rings. The van der Waals surface area contributed by atoms with Gasteiger partial charge in [-0.3, -0.25) is 0 Å². The van der Waals surface area contributed by atoms with Crippen LogP contribution in [0.2, 0.25) is 0 Å². The number of rotatable bonds is 4. The van der Waals surface area contributed by atoms with Gasteiger partial charge in [0.25, 0.3) is 0 Å². The van der Waals surface area contributed by atoms with Crippen molar-refractivity contribution in [1.29, 1.82) is 0 Å². The summed E-state index contributed by atoms with van der Waals surface area (Å²) in [6.45, 7) is 8.06. The second-order valence-corrected chi connectivity index (χ2v) is 5.53. The molecular formula is C12H24N2O2. The van der Waals surface area contributed by atoms with Crippen molar-refractivity contribution in [2.45, 2.75) is 43.9 Å². The number of hydrogen-bond acceptors (Lipinski definition) is 4. The Morgan fingerprint density at radius 3 is 2.75 bits per heavy atom. The lowest BCUT2D eigenvalue weighted by atomic mass is 9.82. The molecule has 1 spiro atoms. The van der Waals surface area contributed by atoms with Gasteiger partial charge in [-0.1, -0.05) is 0 Å². The Labute approximate surface area is 98.1 Å². The minimum Gasteiger partial charge on any atom is -0.379 e. The minimum absolute atomic E-state index is 0.0303. The Bertz CT molecular complexity index is 239. The van der Waals surface area contributed by atoms with Gasteiger partial charge in [-0.05, 0) is 26.7 Å². The van der Waals surface area contributed by atoms with Crippen molar-refractivity contribution in [3.8, 4) is 0 Å². The lowest BCUT2D eigenvalue weighted by Crippen LogP contribution is -2.73. The molecule has 0 aromatic rings. The summed E-state index contributed by atoms with van der Waals surface area (Å²) in [7, 11) is 1.78. The first-order chi connectivity index (χ1) is 7.58. The van der Waals surface area contributed by atoms with Crippen LogP contribution >= 0.6 is 0 Å². The fraction of sp³-hybridized carbons (Fsp3) is 1.00. The Morgan fingerprint density at radius 1 is 1.44 bits per heavy atom. The van der Waals surface area contributed by atoms with E-state index in [1.807, 2.05) is 0 Å². The normalized spacial score (nSPS) is 29.1. The summed E-state index contributed by atoms with van der Waals surface area (Å²) in [6, 6.07) is 0.469. The van der Waals surface area contributed by atoms with Crippen LogP contribution in [0.1, 0.15) is 26.7 Å². The van der Waals surface area contributed by atoms with Crippen LogP contribution in [0.25, 0.3) is 0 Å². The van der Waals surface area contributed by atoms with E-state index in [1.165, 1.54) is 0 Å². The molecule has 0 bridgehead atoms. The molecule has 1 atom stereocenters. The Balaban J connectivity index is 1.87. The van der Waals surface area contributed by atoms with Crippen molar-refractivity contribution in [3.63, 3.8) is 0 Å². The molecule has 4 nitrogen and oxygen atoms in total. The van der Waals surface area contributed by atoms with E-state index >= 15 is 0 Å². The first-order valence-corrected chi connectivity index (χ1v) is 6.21. The maximum atomic E-state index is 5.95. The van der Waals surface area contributed by atoms with Crippen molar-refractivity contribution in [3.05, 3.63) is 0 Å².